The molecular weight excluding hydrogens is 264 g/mol. The maximum atomic E-state index is 12.1. The zero-order chi connectivity index (χ0) is 14.7. The van der Waals surface area contributed by atoms with Crippen LogP contribution in [0.5, 0.6) is 0 Å². The van der Waals surface area contributed by atoms with Gasteiger partial charge in [-0.1, -0.05) is 13.0 Å². The summed E-state index contributed by atoms with van der Waals surface area (Å²) < 4.78 is 2.00. The van der Waals surface area contributed by atoms with Crippen LogP contribution in [0.25, 0.3) is 5.65 Å². The molecule has 1 atom stereocenters. The predicted molar refractivity (Wildman–Crippen MR) is 82.3 cm³/mol. The maximum absolute atomic E-state index is 12.1. The van der Waals surface area contributed by atoms with Crippen molar-refractivity contribution in [3.8, 4) is 0 Å². The lowest BCUT2D eigenvalue weighted by Gasteiger charge is -2.30. The molecule has 0 spiro atoms. The van der Waals surface area contributed by atoms with Gasteiger partial charge in [-0.2, -0.15) is 0 Å². The van der Waals surface area contributed by atoms with Crippen LogP contribution in [0, 0.1) is 5.92 Å². The number of urea groups is 1. The first-order valence-electron chi connectivity index (χ1n) is 7.68. The number of hydrogen-bond donors (Lipinski definition) is 1. The first-order chi connectivity index (χ1) is 10.2. The van der Waals surface area contributed by atoms with Crippen LogP contribution in [0.15, 0.2) is 30.6 Å². The molecule has 2 aromatic heterocycles. The van der Waals surface area contributed by atoms with Crippen molar-refractivity contribution in [2.75, 3.05) is 19.6 Å². The van der Waals surface area contributed by atoms with E-state index >= 15 is 0 Å². The molecule has 0 radical (unpaired) electrons. The topological polar surface area (TPSA) is 49.6 Å². The minimum Gasteiger partial charge on any atom is -0.338 e. The average Bonchev–Trinajstić information content (AvgIpc) is 2.89. The number of aromatic nitrogens is 2. The van der Waals surface area contributed by atoms with Gasteiger partial charge >= 0.3 is 6.03 Å². The molecule has 1 fully saturated rings. The zero-order valence-corrected chi connectivity index (χ0v) is 12.5. The Labute approximate surface area is 125 Å². The Hall–Kier alpha value is -2.04. The summed E-state index contributed by atoms with van der Waals surface area (Å²) in [4.78, 5) is 18.6. The second-order valence-corrected chi connectivity index (χ2v) is 5.87. The molecule has 2 aromatic rings. The zero-order valence-electron chi connectivity index (χ0n) is 12.5. The van der Waals surface area contributed by atoms with Crippen molar-refractivity contribution in [2.45, 2.75) is 26.2 Å². The first-order valence-corrected chi connectivity index (χ1v) is 7.68. The van der Waals surface area contributed by atoms with E-state index in [1.807, 2.05) is 39.9 Å². The number of imidazole rings is 1. The second-order valence-electron chi connectivity index (χ2n) is 5.87. The molecule has 1 aliphatic heterocycles. The second kappa shape index (κ2) is 6.16. The van der Waals surface area contributed by atoms with Gasteiger partial charge in [-0.25, -0.2) is 9.78 Å². The molecule has 0 bridgehead atoms. The molecule has 3 rings (SSSR count). The Kier molecular flexibility index (Phi) is 4.08. The van der Waals surface area contributed by atoms with Crippen molar-refractivity contribution >= 4 is 11.7 Å². The molecule has 0 saturated carbocycles. The molecule has 112 valence electrons. The third kappa shape index (κ3) is 3.35. The van der Waals surface area contributed by atoms with Gasteiger partial charge in [0.25, 0.3) is 0 Å². The molecule has 2 amide bonds. The largest absolute Gasteiger partial charge is 0.338 e. The van der Waals surface area contributed by atoms with Gasteiger partial charge < -0.3 is 14.6 Å². The van der Waals surface area contributed by atoms with Crippen molar-refractivity contribution in [1.82, 2.24) is 19.6 Å². The number of nitrogens with one attached hydrogen (secondary N) is 1. The summed E-state index contributed by atoms with van der Waals surface area (Å²) in [5.74, 6) is 0.614. The van der Waals surface area contributed by atoms with Crippen LogP contribution in [0.2, 0.25) is 0 Å². The number of fused-ring (bicyclic) bond motifs is 1. The van der Waals surface area contributed by atoms with Gasteiger partial charge in [0, 0.05) is 38.4 Å². The van der Waals surface area contributed by atoms with Crippen molar-refractivity contribution in [3.05, 3.63) is 36.3 Å². The lowest BCUT2D eigenvalue weighted by molar-refractivity contribution is 0.170. The molecule has 1 saturated heterocycles. The van der Waals surface area contributed by atoms with E-state index in [1.165, 1.54) is 6.42 Å². The van der Waals surface area contributed by atoms with Crippen LogP contribution in [0.4, 0.5) is 4.79 Å². The standard InChI is InChI=1S/C16H22N4O/c1-13-5-4-10-20(11-13)16(21)17-8-7-14-12-19-9-3-2-6-15(19)18-14/h2-3,6,9,12-13H,4-5,7-8,10-11H2,1H3,(H,17,21). The predicted octanol–water partition coefficient (Wildman–Crippen LogP) is 2.32. The minimum atomic E-state index is 0.0605. The maximum Gasteiger partial charge on any atom is 0.317 e. The fraction of sp³-hybridized carbons (Fsp3) is 0.500. The van der Waals surface area contributed by atoms with Crippen LogP contribution in [-0.2, 0) is 6.42 Å². The van der Waals surface area contributed by atoms with Gasteiger partial charge in [-0.15, -0.1) is 0 Å². The number of likely N-dealkylation sites (tertiary alicyclic amines) is 1. The van der Waals surface area contributed by atoms with E-state index in [1.54, 1.807) is 0 Å². The van der Waals surface area contributed by atoms with Crippen LogP contribution < -0.4 is 5.32 Å². The molecule has 1 N–H and O–H groups in total. The Morgan fingerprint density at radius 3 is 3.19 bits per heavy atom. The summed E-state index contributed by atoms with van der Waals surface area (Å²) in [5, 5.41) is 3.00. The molecule has 21 heavy (non-hydrogen) atoms. The monoisotopic (exact) mass is 286 g/mol. The number of rotatable bonds is 3. The van der Waals surface area contributed by atoms with Crippen LogP contribution in [0.3, 0.4) is 0 Å². The SMILES string of the molecule is CC1CCCN(C(=O)NCCc2cn3ccccc3n2)C1. The molecular formula is C16H22N4O. The summed E-state index contributed by atoms with van der Waals surface area (Å²) in [6, 6.07) is 6.01. The van der Waals surface area contributed by atoms with Gasteiger partial charge in [0.05, 0.1) is 5.69 Å². The van der Waals surface area contributed by atoms with Crippen molar-refractivity contribution in [1.29, 1.82) is 0 Å². The van der Waals surface area contributed by atoms with E-state index < -0.39 is 0 Å². The fourth-order valence-electron chi connectivity index (χ4n) is 2.89. The van der Waals surface area contributed by atoms with Crippen LogP contribution >= 0.6 is 0 Å². The van der Waals surface area contributed by atoms with Crippen molar-refractivity contribution < 1.29 is 4.79 Å². The van der Waals surface area contributed by atoms with E-state index in [0.717, 1.165) is 37.3 Å². The number of amides is 2. The van der Waals surface area contributed by atoms with E-state index in [9.17, 15) is 4.79 Å². The normalized spacial score (nSPS) is 18.9. The van der Waals surface area contributed by atoms with Crippen molar-refractivity contribution in [3.63, 3.8) is 0 Å². The summed E-state index contributed by atoms with van der Waals surface area (Å²) in [7, 11) is 0. The number of carbonyl (C=O) groups excluding carboxylic acids is 1. The van der Waals surface area contributed by atoms with Gasteiger partial charge in [-0.05, 0) is 30.9 Å². The summed E-state index contributed by atoms with van der Waals surface area (Å²) >= 11 is 0. The lowest BCUT2D eigenvalue weighted by Crippen LogP contribution is -2.45. The average molecular weight is 286 g/mol. The molecule has 3 heterocycles. The highest BCUT2D eigenvalue weighted by Gasteiger charge is 2.20. The van der Waals surface area contributed by atoms with Crippen molar-refractivity contribution in [2.24, 2.45) is 5.92 Å². The quantitative estimate of drug-likeness (QED) is 0.941. The smallest absolute Gasteiger partial charge is 0.317 e. The van der Waals surface area contributed by atoms with Gasteiger partial charge in [0.1, 0.15) is 5.65 Å². The number of nitrogens with zero attached hydrogens (tertiary/aromatic N) is 3. The molecule has 1 unspecified atom stereocenters. The molecule has 0 aliphatic carbocycles. The fourth-order valence-corrected chi connectivity index (χ4v) is 2.89. The molecule has 1 aliphatic rings. The van der Waals surface area contributed by atoms with E-state index in [4.69, 9.17) is 0 Å². The lowest BCUT2D eigenvalue weighted by atomic mass is 10.0. The summed E-state index contributed by atoms with van der Waals surface area (Å²) in [6.07, 6.45) is 7.10. The highest BCUT2D eigenvalue weighted by atomic mass is 16.2. The highest BCUT2D eigenvalue weighted by molar-refractivity contribution is 5.74. The van der Waals surface area contributed by atoms with Crippen LogP contribution in [0.1, 0.15) is 25.5 Å². The Bertz CT molecular complexity index is 589. The summed E-state index contributed by atoms with van der Waals surface area (Å²) in [5.41, 5.74) is 1.96. The summed E-state index contributed by atoms with van der Waals surface area (Å²) in [6.45, 7) is 4.59. The number of piperidine rings is 1. The molecule has 5 nitrogen and oxygen atoms in total. The van der Waals surface area contributed by atoms with E-state index in [2.05, 4.69) is 17.2 Å². The Balaban J connectivity index is 1.50. The third-order valence-corrected chi connectivity index (χ3v) is 4.02. The number of pyridine rings is 1. The van der Waals surface area contributed by atoms with Gasteiger partial charge in [0.2, 0.25) is 0 Å². The Morgan fingerprint density at radius 2 is 2.38 bits per heavy atom. The first kappa shape index (κ1) is 13.9. The highest BCUT2D eigenvalue weighted by Crippen LogP contribution is 2.15. The number of hydrogen-bond acceptors (Lipinski definition) is 2. The van der Waals surface area contributed by atoms with Gasteiger partial charge in [-0.3, -0.25) is 0 Å². The van der Waals surface area contributed by atoms with E-state index in [-0.39, 0.29) is 6.03 Å². The van der Waals surface area contributed by atoms with E-state index in [0.29, 0.717) is 12.5 Å². The third-order valence-electron chi connectivity index (χ3n) is 4.02. The number of carbonyl (C=O) groups is 1. The Morgan fingerprint density at radius 1 is 1.48 bits per heavy atom. The van der Waals surface area contributed by atoms with Gasteiger partial charge in [0.15, 0.2) is 0 Å². The molecule has 0 aromatic carbocycles. The minimum absolute atomic E-state index is 0.0605. The van der Waals surface area contributed by atoms with Crippen LogP contribution in [-0.4, -0.2) is 39.9 Å². The molecule has 5 heteroatoms.